The molecule has 1 aliphatic heterocycles. The Hall–Kier alpha value is -1.55. The van der Waals surface area contributed by atoms with Crippen molar-refractivity contribution in [2.75, 3.05) is 27.3 Å². The lowest BCUT2D eigenvalue weighted by molar-refractivity contribution is -0.142. The second-order valence-electron chi connectivity index (χ2n) is 4.48. The average molecular weight is 249 g/mol. The van der Waals surface area contributed by atoms with Crippen LogP contribution in [0.5, 0.6) is 5.75 Å². The monoisotopic (exact) mass is 249 g/mol. The molecular weight excluding hydrogens is 230 g/mol. The van der Waals surface area contributed by atoms with Gasteiger partial charge in [-0.25, -0.2) is 0 Å². The molecule has 0 saturated carbocycles. The molecule has 0 N–H and O–H groups in total. The molecule has 1 saturated heterocycles. The predicted octanol–water partition coefficient (Wildman–Crippen LogP) is 2.01. The number of hydrogen-bond donors (Lipinski definition) is 0. The number of rotatable bonds is 4. The van der Waals surface area contributed by atoms with Crippen LogP contribution in [-0.4, -0.2) is 38.2 Å². The third-order valence-electron chi connectivity index (χ3n) is 3.40. The lowest BCUT2D eigenvalue weighted by Crippen LogP contribution is -2.30. The van der Waals surface area contributed by atoms with Crippen LogP contribution in [0.4, 0.5) is 0 Å². The van der Waals surface area contributed by atoms with Gasteiger partial charge < -0.3 is 9.47 Å². The van der Waals surface area contributed by atoms with Crippen LogP contribution in [0.3, 0.4) is 0 Å². The van der Waals surface area contributed by atoms with Crippen molar-refractivity contribution in [2.24, 2.45) is 0 Å². The first-order valence-corrected chi connectivity index (χ1v) is 6.19. The minimum absolute atomic E-state index is 0.176. The summed E-state index contributed by atoms with van der Waals surface area (Å²) in [6, 6.07) is 8.34. The van der Waals surface area contributed by atoms with Gasteiger partial charge in [-0.1, -0.05) is 12.1 Å². The molecule has 1 atom stereocenters. The van der Waals surface area contributed by atoms with Crippen molar-refractivity contribution in [3.05, 3.63) is 29.8 Å². The molecule has 1 aromatic rings. The van der Waals surface area contributed by atoms with Gasteiger partial charge in [0.2, 0.25) is 0 Å². The minimum atomic E-state index is -0.176. The Labute approximate surface area is 107 Å². The van der Waals surface area contributed by atoms with E-state index in [4.69, 9.17) is 9.47 Å². The van der Waals surface area contributed by atoms with E-state index in [1.807, 2.05) is 18.2 Å². The number of benzene rings is 1. The summed E-state index contributed by atoms with van der Waals surface area (Å²) in [6.45, 7) is 1.30. The van der Waals surface area contributed by atoms with Crippen LogP contribution >= 0.6 is 0 Å². The third-order valence-corrected chi connectivity index (χ3v) is 3.40. The molecule has 0 aliphatic carbocycles. The molecule has 0 radical (unpaired) electrons. The molecule has 1 fully saturated rings. The minimum Gasteiger partial charge on any atom is -0.497 e. The second-order valence-corrected chi connectivity index (χ2v) is 4.48. The van der Waals surface area contributed by atoms with Gasteiger partial charge in [0, 0.05) is 6.04 Å². The van der Waals surface area contributed by atoms with E-state index in [0.29, 0.717) is 12.6 Å². The number of ether oxygens (including phenoxy) is 2. The number of methoxy groups -OCH3 is 2. The Kier molecular flexibility index (Phi) is 4.20. The van der Waals surface area contributed by atoms with Crippen molar-refractivity contribution < 1.29 is 14.3 Å². The highest BCUT2D eigenvalue weighted by atomic mass is 16.5. The van der Waals surface area contributed by atoms with Gasteiger partial charge >= 0.3 is 5.97 Å². The highest BCUT2D eigenvalue weighted by molar-refractivity contribution is 5.71. The molecule has 0 bridgehead atoms. The van der Waals surface area contributed by atoms with E-state index >= 15 is 0 Å². The summed E-state index contributed by atoms with van der Waals surface area (Å²) in [7, 11) is 3.10. The summed E-state index contributed by atoms with van der Waals surface area (Å²) in [4.78, 5) is 13.5. The molecule has 1 aromatic carbocycles. The van der Waals surface area contributed by atoms with Crippen molar-refractivity contribution in [2.45, 2.75) is 18.9 Å². The Morgan fingerprint density at radius 2 is 2.28 bits per heavy atom. The van der Waals surface area contributed by atoms with E-state index in [2.05, 4.69) is 11.0 Å². The van der Waals surface area contributed by atoms with E-state index in [1.54, 1.807) is 7.11 Å². The Balaban J connectivity index is 2.12. The molecular formula is C14H19NO3. The lowest BCUT2D eigenvalue weighted by atomic mass is 10.0. The molecule has 18 heavy (non-hydrogen) atoms. The first-order valence-electron chi connectivity index (χ1n) is 6.19. The van der Waals surface area contributed by atoms with Crippen molar-refractivity contribution in [3.8, 4) is 5.75 Å². The van der Waals surface area contributed by atoms with Crippen molar-refractivity contribution in [3.63, 3.8) is 0 Å². The van der Waals surface area contributed by atoms with Gasteiger partial charge in [-0.15, -0.1) is 0 Å². The summed E-state index contributed by atoms with van der Waals surface area (Å²) in [6.07, 6.45) is 2.18. The molecule has 1 aliphatic rings. The zero-order valence-corrected chi connectivity index (χ0v) is 10.9. The Morgan fingerprint density at radius 3 is 3.00 bits per heavy atom. The van der Waals surface area contributed by atoms with Crippen LogP contribution in [0.2, 0.25) is 0 Å². The molecule has 4 nitrogen and oxygen atoms in total. The first kappa shape index (κ1) is 12.9. The SMILES string of the molecule is COC(=O)CN1CCC[C@@H]1c1cccc(OC)c1. The fraction of sp³-hybridized carbons (Fsp3) is 0.500. The van der Waals surface area contributed by atoms with Crippen molar-refractivity contribution in [1.29, 1.82) is 0 Å². The third kappa shape index (κ3) is 2.82. The molecule has 98 valence electrons. The highest BCUT2D eigenvalue weighted by Crippen LogP contribution is 2.33. The summed E-state index contributed by atoms with van der Waals surface area (Å²) in [5.74, 6) is 0.683. The van der Waals surface area contributed by atoms with Crippen molar-refractivity contribution in [1.82, 2.24) is 4.90 Å². The number of hydrogen-bond acceptors (Lipinski definition) is 4. The molecule has 0 aromatic heterocycles. The van der Waals surface area contributed by atoms with Gasteiger partial charge in [-0.2, -0.15) is 0 Å². The predicted molar refractivity (Wildman–Crippen MR) is 68.6 cm³/mol. The number of carbonyl (C=O) groups is 1. The largest absolute Gasteiger partial charge is 0.497 e. The van der Waals surface area contributed by atoms with Crippen molar-refractivity contribution >= 4 is 5.97 Å². The number of likely N-dealkylation sites (tertiary alicyclic amines) is 1. The van der Waals surface area contributed by atoms with Crippen LogP contribution in [0, 0.1) is 0 Å². The van der Waals surface area contributed by atoms with Gasteiger partial charge in [-0.3, -0.25) is 9.69 Å². The van der Waals surface area contributed by atoms with Crippen LogP contribution in [0.1, 0.15) is 24.4 Å². The van der Waals surface area contributed by atoms with E-state index in [0.717, 1.165) is 25.1 Å². The molecule has 0 spiro atoms. The standard InChI is InChI=1S/C14H19NO3/c1-17-12-6-3-5-11(9-12)13-7-4-8-15(13)10-14(16)18-2/h3,5-6,9,13H,4,7-8,10H2,1-2H3/t13-/m1/s1. The molecule has 1 heterocycles. The molecule has 0 amide bonds. The van der Waals surface area contributed by atoms with Crippen LogP contribution in [0.25, 0.3) is 0 Å². The topological polar surface area (TPSA) is 38.8 Å². The lowest BCUT2D eigenvalue weighted by Gasteiger charge is -2.23. The molecule has 2 rings (SSSR count). The van der Waals surface area contributed by atoms with Crippen LogP contribution in [-0.2, 0) is 9.53 Å². The Morgan fingerprint density at radius 1 is 1.44 bits per heavy atom. The number of nitrogens with zero attached hydrogens (tertiary/aromatic N) is 1. The quantitative estimate of drug-likeness (QED) is 0.765. The summed E-state index contributed by atoms with van der Waals surface area (Å²) < 4.78 is 9.98. The van der Waals surface area contributed by atoms with Gasteiger partial charge in [0.15, 0.2) is 0 Å². The van der Waals surface area contributed by atoms with E-state index in [1.165, 1.54) is 12.7 Å². The maximum absolute atomic E-state index is 11.4. The molecule has 4 heteroatoms. The van der Waals surface area contributed by atoms with Gasteiger partial charge in [0.25, 0.3) is 0 Å². The summed E-state index contributed by atoms with van der Waals surface area (Å²) in [5.41, 5.74) is 1.20. The number of esters is 1. The van der Waals surface area contributed by atoms with Gasteiger partial charge in [-0.05, 0) is 37.1 Å². The smallest absolute Gasteiger partial charge is 0.319 e. The normalized spacial score (nSPS) is 19.8. The summed E-state index contributed by atoms with van der Waals surface area (Å²) in [5, 5.41) is 0. The molecule has 0 unspecified atom stereocenters. The van der Waals surface area contributed by atoms with Crippen LogP contribution < -0.4 is 4.74 Å². The fourth-order valence-corrected chi connectivity index (χ4v) is 2.47. The van der Waals surface area contributed by atoms with E-state index in [-0.39, 0.29) is 5.97 Å². The zero-order chi connectivity index (χ0) is 13.0. The van der Waals surface area contributed by atoms with Gasteiger partial charge in [0.05, 0.1) is 20.8 Å². The first-order chi connectivity index (χ1) is 8.74. The van der Waals surface area contributed by atoms with E-state index in [9.17, 15) is 4.79 Å². The average Bonchev–Trinajstić information content (AvgIpc) is 2.86. The van der Waals surface area contributed by atoms with E-state index < -0.39 is 0 Å². The van der Waals surface area contributed by atoms with Crippen LogP contribution in [0.15, 0.2) is 24.3 Å². The Bertz CT molecular complexity index is 419. The fourth-order valence-electron chi connectivity index (χ4n) is 2.47. The second kappa shape index (κ2) is 5.87. The maximum atomic E-state index is 11.4. The number of carbonyl (C=O) groups excluding carboxylic acids is 1. The van der Waals surface area contributed by atoms with Gasteiger partial charge in [0.1, 0.15) is 5.75 Å². The maximum Gasteiger partial charge on any atom is 0.319 e. The summed E-state index contributed by atoms with van der Waals surface area (Å²) >= 11 is 0. The highest BCUT2D eigenvalue weighted by Gasteiger charge is 2.27. The zero-order valence-electron chi connectivity index (χ0n) is 10.9.